The Bertz CT molecular complexity index is 897. The van der Waals surface area contributed by atoms with E-state index in [1.54, 1.807) is 24.5 Å². The summed E-state index contributed by atoms with van der Waals surface area (Å²) in [6.45, 7) is 4.01. The summed E-state index contributed by atoms with van der Waals surface area (Å²) in [7, 11) is 0. The molecule has 0 saturated carbocycles. The summed E-state index contributed by atoms with van der Waals surface area (Å²) in [5.74, 6) is 1.09. The first-order chi connectivity index (χ1) is 12.5. The maximum Gasteiger partial charge on any atom is 0.269 e. The van der Waals surface area contributed by atoms with E-state index in [4.69, 9.17) is 0 Å². The van der Waals surface area contributed by atoms with E-state index in [9.17, 15) is 10.1 Å². The summed E-state index contributed by atoms with van der Waals surface area (Å²) < 4.78 is 0. The van der Waals surface area contributed by atoms with Crippen LogP contribution in [-0.2, 0) is 0 Å². The van der Waals surface area contributed by atoms with E-state index in [1.165, 1.54) is 12.1 Å². The summed E-state index contributed by atoms with van der Waals surface area (Å²) in [4.78, 5) is 23.4. The standard InChI is InChI=1S/C18H18N6O2/c1-12(2)20-18-22-16(13-7-9-19-10-8-13)11-17(23-18)21-14-3-5-15(6-4-14)24(25)26/h3-12H,1-2H3,(H2,20,21,22,23). The zero-order valence-electron chi connectivity index (χ0n) is 14.4. The monoisotopic (exact) mass is 350 g/mol. The number of aromatic nitrogens is 3. The molecule has 2 aromatic heterocycles. The number of rotatable bonds is 6. The van der Waals surface area contributed by atoms with Gasteiger partial charge in [-0.3, -0.25) is 15.1 Å². The summed E-state index contributed by atoms with van der Waals surface area (Å²) in [6, 6.07) is 11.9. The molecule has 3 aromatic rings. The molecule has 2 heterocycles. The van der Waals surface area contributed by atoms with Crippen molar-refractivity contribution in [2.75, 3.05) is 10.6 Å². The number of nitrogens with one attached hydrogen (secondary N) is 2. The lowest BCUT2D eigenvalue weighted by Crippen LogP contribution is -2.13. The molecule has 8 heteroatoms. The third-order valence-electron chi connectivity index (χ3n) is 3.47. The highest BCUT2D eigenvalue weighted by Gasteiger charge is 2.09. The maximum absolute atomic E-state index is 10.8. The largest absolute Gasteiger partial charge is 0.352 e. The van der Waals surface area contributed by atoms with E-state index in [0.29, 0.717) is 17.5 Å². The molecule has 0 aliphatic rings. The number of benzene rings is 1. The molecule has 0 aliphatic heterocycles. The van der Waals surface area contributed by atoms with Gasteiger partial charge < -0.3 is 10.6 Å². The average Bonchev–Trinajstić information content (AvgIpc) is 2.62. The van der Waals surface area contributed by atoms with Gasteiger partial charge in [-0.25, -0.2) is 4.98 Å². The van der Waals surface area contributed by atoms with Gasteiger partial charge in [-0.2, -0.15) is 4.98 Å². The van der Waals surface area contributed by atoms with Crippen LogP contribution in [0.1, 0.15) is 13.8 Å². The fraction of sp³-hybridized carbons (Fsp3) is 0.167. The average molecular weight is 350 g/mol. The molecule has 0 spiro atoms. The highest BCUT2D eigenvalue weighted by atomic mass is 16.6. The molecule has 132 valence electrons. The molecule has 0 radical (unpaired) electrons. The van der Waals surface area contributed by atoms with Gasteiger partial charge in [-0.05, 0) is 38.1 Å². The number of hydrogen-bond acceptors (Lipinski definition) is 7. The van der Waals surface area contributed by atoms with Crippen LogP contribution in [0.2, 0.25) is 0 Å². The van der Waals surface area contributed by atoms with Crippen LogP contribution in [-0.4, -0.2) is 25.9 Å². The lowest BCUT2D eigenvalue weighted by atomic mass is 10.2. The quantitative estimate of drug-likeness (QED) is 0.511. The third-order valence-corrected chi connectivity index (χ3v) is 3.47. The molecular formula is C18H18N6O2. The Hall–Kier alpha value is -3.55. The van der Waals surface area contributed by atoms with Crippen molar-refractivity contribution in [1.82, 2.24) is 15.0 Å². The van der Waals surface area contributed by atoms with E-state index < -0.39 is 4.92 Å². The van der Waals surface area contributed by atoms with E-state index >= 15 is 0 Å². The molecule has 26 heavy (non-hydrogen) atoms. The fourth-order valence-electron chi connectivity index (χ4n) is 2.32. The van der Waals surface area contributed by atoms with Crippen molar-refractivity contribution in [3.05, 3.63) is 65.0 Å². The Balaban J connectivity index is 1.93. The number of hydrogen-bond donors (Lipinski definition) is 2. The Morgan fingerprint density at radius 1 is 1.04 bits per heavy atom. The van der Waals surface area contributed by atoms with E-state index in [0.717, 1.165) is 11.3 Å². The van der Waals surface area contributed by atoms with Crippen LogP contribution in [0.4, 0.5) is 23.1 Å². The van der Waals surface area contributed by atoms with Crippen LogP contribution >= 0.6 is 0 Å². The van der Waals surface area contributed by atoms with Crippen molar-refractivity contribution >= 4 is 23.1 Å². The van der Waals surface area contributed by atoms with Crippen molar-refractivity contribution in [2.24, 2.45) is 0 Å². The van der Waals surface area contributed by atoms with Gasteiger partial charge in [0.05, 0.1) is 10.6 Å². The predicted molar refractivity (Wildman–Crippen MR) is 100 cm³/mol. The zero-order chi connectivity index (χ0) is 18.5. The van der Waals surface area contributed by atoms with Crippen LogP contribution in [0, 0.1) is 10.1 Å². The molecular weight excluding hydrogens is 332 g/mol. The molecule has 0 fully saturated rings. The van der Waals surface area contributed by atoms with Crippen LogP contribution in [0.3, 0.4) is 0 Å². The second-order valence-electron chi connectivity index (χ2n) is 5.93. The number of nitro benzene ring substituents is 1. The number of pyridine rings is 1. The van der Waals surface area contributed by atoms with Crippen molar-refractivity contribution < 1.29 is 4.92 Å². The molecule has 8 nitrogen and oxygen atoms in total. The Labute approximate surface area is 150 Å². The Morgan fingerprint density at radius 3 is 2.35 bits per heavy atom. The van der Waals surface area contributed by atoms with Gasteiger partial charge in [0, 0.05) is 47.9 Å². The lowest BCUT2D eigenvalue weighted by molar-refractivity contribution is -0.384. The van der Waals surface area contributed by atoms with Crippen molar-refractivity contribution in [3.63, 3.8) is 0 Å². The van der Waals surface area contributed by atoms with Gasteiger partial charge >= 0.3 is 0 Å². The second-order valence-corrected chi connectivity index (χ2v) is 5.93. The number of anilines is 3. The molecule has 2 N–H and O–H groups in total. The summed E-state index contributed by atoms with van der Waals surface area (Å²) in [6.07, 6.45) is 3.41. The van der Waals surface area contributed by atoms with Crippen LogP contribution in [0.5, 0.6) is 0 Å². The maximum atomic E-state index is 10.8. The highest BCUT2D eigenvalue weighted by molar-refractivity contribution is 5.67. The minimum atomic E-state index is -0.430. The Kier molecular flexibility index (Phi) is 5.02. The normalized spacial score (nSPS) is 10.6. The van der Waals surface area contributed by atoms with Gasteiger partial charge in [-0.1, -0.05) is 0 Å². The molecule has 0 unspecified atom stereocenters. The molecule has 1 aromatic carbocycles. The summed E-state index contributed by atoms with van der Waals surface area (Å²) in [5.41, 5.74) is 2.40. The van der Waals surface area contributed by atoms with Crippen LogP contribution < -0.4 is 10.6 Å². The molecule has 0 amide bonds. The number of nitrogens with zero attached hydrogens (tertiary/aromatic N) is 4. The van der Waals surface area contributed by atoms with Gasteiger partial charge in [0.1, 0.15) is 5.82 Å². The van der Waals surface area contributed by atoms with E-state index in [-0.39, 0.29) is 11.7 Å². The molecule has 0 bridgehead atoms. The van der Waals surface area contributed by atoms with Gasteiger partial charge in [0.15, 0.2) is 0 Å². The molecule has 0 saturated heterocycles. The SMILES string of the molecule is CC(C)Nc1nc(Nc2ccc([N+](=O)[O-])cc2)cc(-c2ccncc2)n1. The number of nitro groups is 1. The first kappa shape index (κ1) is 17.3. The lowest BCUT2D eigenvalue weighted by Gasteiger charge is -2.13. The van der Waals surface area contributed by atoms with Crippen LogP contribution in [0.25, 0.3) is 11.3 Å². The molecule has 0 atom stereocenters. The third kappa shape index (κ3) is 4.29. The predicted octanol–water partition coefficient (Wildman–Crippen LogP) is 4.01. The first-order valence-electron chi connectivity index (χ1n) is 8.09. The minimum Gasteiger partial charge on any atom is -0.352 e. The topological polar surface area (TPSA) is 106 Å². The van der Waals surface area contributed by atoms with Crippen molar-refractivity contribution in [2.45, 2.75) is 19.9 Å². The summed E-state index contributed by atoms with van der Waals surface area (Å²) in [5, 5.41) is 17.1. The first-order valence-corrected chi connectivity index (χ1v) is 8.09. The highest BCUT2D eigenvalue weighted by Crippen LogP contribution is 2.24. The second kappa shape index (κ2) is 7.56. The van der Waals surface area contributed by atoms with Gasteiger partial charge in [0.25, 0.3) is 5.69 Å². The molecule has 3 rings (SSSR count). The van der Waals surface area contributed by atoms with Crippen molar-refractivity contribution in [1.29, 1.82) is 0 Å². The fourth-order valence-corrected chi connectivity index (χ4v) is 2.32. The van der Waals surface area contributed by atoms with E-state index in [2.05, 4.69) is 25.6 Å². The minimum absolute atomic E-state index is 0.0397. The number of non-ortho nitro benzene ring substituents is 1. The van der Waals surface area contributed by atoms with Gasteiger partial charge in [-0.15, -0.1) is 0 Å². The van der Waals surface area contributed by atoms with Gasteiger partial charge in [0.2, 0.25) is 5.95 Å². The van der Waals surface area contributed by atoms with E-state index in [1.807, 2.05) is 32.0 Å². The van der Waals surface area contributed by atoms with Crippen LogP contribution in [0.15, 0.2) is 54.9 Å². The Morgan fingerprint density at radius 2 is 1.73 bits per heavy atom. The summed E-state index contributed by atoms with van der Waals surface area (Å²) >= 11 is 0. The zero-order valence-corrected chi connectivity index (χ0v) is 14.4. The smallest absolute Gasteiger partial charge is 0.269 e. The van der Waals surface area contributed by atoms with Crippen molar-refractivity contribution in [3.8, 4) is 11.3 Å². The molecule has 0 aliphatic carbocycles.